The maximum atomic E-state index is 10.1. The van der Waals surface area contributed by atoms with Crippen LogP contribution in [0.4, 0.5) is 28.7 Å². The first-order chi connectivity index (χ1) is 21.4. The van der Waals surface area contributed by atoms with Crippen LogP contribution in [-0.4, -0.2) is 11.1 Å². The van der Waals surface area contributed by atoms with E-state index in [4.69, 9.17) is 10.7 Å². The number of rotatable bonds is 20. The molecule has 0 bridgehead atoms. The van der Waals surface area contributed by atoms with Crippen molar-refractivity contribution in [3.05, 3.63) is 76.5 Å². The molecule has 3 aromatic rings. The van der Waals surface area contributed by atoms with Crippen LogP contribution < -0.4 is 10.6 Å². The van der Waals surface area contributed by atoms with Gasteiger partial charge >= 0.3 is 0 Å². The SMILES string of the molecule is C.CCCCCCCCc1ccc(Nc2nc(Nc3ccc(CCCCCCCC)cc3)c(N=NC(C)[NH-])c(C)c2C#N)cc1.[Y]. The first-order valence-corrected chi connectivity index (χ1v) is 16.7. The van der Waals surface area contributed by atoms with Crippen LogP contribution in [-0.2, 0) is 45.6 Å². The predicted molar refractivity (Wildman–Crippen MR) is 192 cm³/mol. The van der Waals surface area contributed by atoms with E-state index in [0.717, 1.165) is 24.2 Å². The molecule has 0 fully saturated rings. The van der Waals surface area contributed by atoms with Gasteiger partial charge in [-0.3, -0.25) is 0 Å². The number of nitrogens with zero attached hydrogens (tertiary/aromatic N) is 4. The molecule has 3 rings (SSSR count). The minimum atomic E-state index is -0.721. The number of hydrogen-bond acceptors (Lipinski definition) is 6. The molecule has 247 valence electrons. The normalized spacial score (nSPS) is 11.4. The number of nitrogens with one attached hydrogen (secondary N) is 3. The van der Waals surface area contributed by atoms with E-state index in [9.17, 15) is 5.26 Å². The molecule has 1 aromatic heterocycles. The average molecular weight is 700 g/mol. The second kappa shape index (κ2) is 23.6. The van der Waals surface area contributed by atoms with Gasteiger partial charge in [-0.1, -0.05) is 117 Å². The first-order valence-electron chi connectivity index (χ1n) is 16.7. The van der Waals surface area contributed by atoms with Gasteiger partial charge in [0.05, 0.1) is 5.56 Å². The molecule has 3 N–H and O–H groups in total. The third kappa shape index (κ3) is 14.4. The minimum absolute atomic E-state index is 0. The molecule has 1 radical (unpaired) electrons. The van der Waals surface area contributed by atoms with E-state index in [1.807, 2.05) is 6.92 Å². The zero-order valence-electron chi connectivity index (χ0n) is 28.0. The van der Waals surface area contributed by atoms with Crippen molar-refractivity contribution in [1.29, 1.82) is 5.26 Å². The third-order valence-electron chi connectivity index (χ3n) is 7.93. The van der Waals surface area contributed by atoms with Gasteiger partial charge in [-0.05, 0) is 74.2 Å². The molecule has 0 saturated heterocycles. The van der Waals surface area contributed by atoms with Gasteiger partial charge in [-0.2, -0.15) is 10.4 Å². The molecule has 0 spiro atoms. The molecule has 1 atom stereocenters. The Balaban J connectivity index is 0.00000529. The van der Waals surface area contributed by atoms with Crippen molar-refractivity contribution >= 4 is 28.7 Å². The Labute approximate surface area is 304 Å². The van der Waals surface area contributed by atoms with Gasteiger partial charge in [0, 0.05) is 49.6 Å². The molecule has 0 aliphatic rings. The molecule has 46 heavy (non-hydrogen) atoms. The minimum Gasteiger partial charge on any atom is -0.654 e. The summed E-state index contributed by atoms with van der Waals surface area (Å²) in [5, 5.41) is 25.3. The third-order valence-corrected chi connectivity index (χ3v) is 7.93. The van der Waals surface area contributed by atoms with Crippen molar-refractivity contribution in [2.24, 2.45) is 10.2 Å². The molecular weight excluding hydrogens is 643 g/mol. The fourth-order valence-electron chi connectivity index (χ4n) is 5.28. The Morgan fingerprint density at radius 1 is 0.739 bits per heavy atom. The van der Waals surface area contributed by atoms with Gasteiger partial charge in [0.25, 0.3) is 0 Å². The van der Waals surface area contributed by atoms with Gasteiger partial charge in [0.15, 0.2) is 11.6 Å². The van der Waals surface area contributed by atoms with Crippen LogP contribution in [0.2, 0.25) is 0 Å². The second-order valence-electron chi connectivity index (χ2n) is 11.8. The van der Waals surface area contributed by atoms with Crippen LogP contribution in [0.15, 0.2) is 58.8 Å². The van der Waals surface area contributed by atoms with Crippen LogP contribution in [0.3, 0.4) is 0 Å². The van der Waals surface area contributed by atoms with Crippen LogP contribution in [0.25, 0.3) is 5.73 Å². The van der Waals surface area contributed by atoms with Crippen LogP contribution >= 0.6 is 0 Å². The number of unbranched alkanes of at least 4 members (excludes halogenated alkanes) is 10. The monoisotopic (exact) mass is 699 g/mol. The zero-order chi connectivity index (χ0) is 31.6. The Morgan fingerprint density at radius 2 is 1.17 bits per heavy atom. The van der Waals surface area contributed by atoms with E-state index in [2.05, 4.69) is 89.3 Å². The van der Waals surface area contributed by atoms with Gasteiger partial charge < -0.3 is 16.4 Å². The maximum absolute atomic E-state index is 10.1. The zero-order valence-corrected chi connectivity index (χ0v) is 30.8. The number of hydrogen-bond donors (Lipinski definition) is 2. The summed E-state index contributed by atoms with van der Waals surface area (Å²) in [6.07, 6.45) is 16.9. The molecule has 0 amide bonds. The Morgan fingerprint density at radius 3 is 1.61 bits per heavy atom. The second-order valence-corrected chi connectivity index (χ2v) is 11.8. The van der Waals surface area contributed by atoms with E-state index in [1.165, 1.54) is 88.2 Å². The quantitative estimate of drug-likeness (QED) is 0.0903. The number of aryl methyl sites for hydroxylation is 2. The predicted octanol–water partition coefficient (Wildman–Crippen LogP) is 12.7. The Hall–Kier alpha value is -2.66. The maximum Gasteiger partial charge on any atom is 0.161 e. The summed E-state index contributed by atoms with van der Waals surface area (Å²) in [6.45, 7) is 8.00. The number of pyridine rings is 1. The largest absolute Gasteiger partial charge is 0.654 e. The molecule has 2 aromatic carbocycles. The summed E-state index contributed by atoms with van der Waals surface area (Å²) < 4.78 is 0. The van der Waals surface area contributed by atoms with Crippen molar-refractivity contribution < 1.29 is 32.7 Å². The van der Waals surface area contributed by atoms with Crippen LogP contribution in [0, 0.1) is 18.3 Å². The number of nitriles is 1. The molecule has 1 heterocycles. The van der Waals surface area contributed by atoms with Crippen LogP contribution in [0.5, 0.6) is 0 Å². The number of azo groups is 1. The Kier molecular flexibility index (Phi) is 21.3. The van der Waals surface area contributed by atoms with Crippen molar-refractivity contribution in [3.8, 4) is 6.07 Å². The molecule has 8 heteroatoms. The smallest absolute Gasteiger partial charge is 0.161 e. The van der Waals surface area contributed by atoms with E-state index in [1.54, 1.807) is 6.92 Å². The van der Waals surface area contributed by atoms with Crippen molar-refractivity contribution in [1.82, 2.24) is 4.98 Å². The van der Waals surface area contributed by atoms with Gasteiger partial charge in [-0.25, -0.2) is 10.1 Å². The molecule has 0 saturated carbocycles. The number of anilines is 4. The summed E-state index contributed by atoms with van der Waals surface area (Å²) in [6, 6.07) is 19.1. The molecule has 1 unspecified atom stereocenters. The summed E-state index contributed by atoms with van der Waals surface area (Å²) in [4.78, 5) is 4.83. The Bertz CT molecular complexity index is 1330. The van der Waals surface area contributed by atoms with Gasteiger partial charge in [0.2, 0.25) is 0 Å². The molecule has 0 aliphatic carbocycles. The number of benzene rings is 2. The molecule has 7 nitrogen and oxygen atoms in total. The van der Waals surface area contributed by atoms with E-state index < -0.39 is 6.17 Å². The molecular formula is C38H56N7Y-. The standard InChI is InChI=1S/C37H52N7.CH4.Y/c1-5-7-9-11-13-15-17-30-19-23-32(24-20-30)40-36-34(27-38)28(3)35(44-43-29(4)39)37(42-36)41-33-25-21-31(22-26-33)18-16-14-12-10-8-6-2;;/h19-26,29,39H,5-18H2,1-4H3,(H2,40,41,42);1H4;/q-1;;. The average Bonchev–Trinajstić information content (AvgIpc) is 3.02. The topological polar surface area (TPSA) is 109 Å². The van der Waals surface area contributed by atoms with E-state index in [-0.39, 0.29) is 40.1 Å². The van der Waals surface area contributed by atoms with Crippen LogP contribution in [0.1, 0.15) is 128 Å². The summed E-state index contributed by atoms with van der Waals surface area (Å²) >= 11 is 0. The first kappa shape index (κ1) is 41.4. The molecule has 0 aliphatic heterocycles. The summed E-state index contributed by atoms with van der Waals surface area (Å²) in [5.41, 5.74) is 13.8. The number of aromatic nitrogens is 1. The van der Waals surface area contributed by atoms with Crippen molar-refractivity contribution in [3.63, 3.8) is 0 Å². The van der Waals surface area contributed by atoms with E-state index >= 15 is 0 Å². The van der Waals surface area contributed by atoms with Crippen molar-refractivity contribution in [2.45, 2.75) is 131 Å². The fourth-order valence-corrected chi connectivity index (χ4v) is 5.28. The summed E-state index contributed by atoms with van der Waals surface area (Å²) in [7, 11) is 0. The fraction of sp³-hybridized carbons (Fsp3) is 0.526. The van der Waals surface area contributed by atoms with Gasteiger partial charge in [0.1, 0.15) is 11.8 Å². The van der Waals surface area contributed by atoms with E-state index in [0.29, 0.717) is 28.5 Å². The van der Waals surface area contributed by atoms with Crippen molar-refractivity contribution in [2.75, 3.05) is 10.6 Å². The van der Waals surface area contributed by atoms with Gasteiger partial charge in [-0.15, -0.1) is 0 Å². The summed E-state index contributed by atoms with van der Waals surface area (Å²) in [5.74, 6) is 0.963.